The number of pyridine rings is 1. The third-order valence-electron chi connectivity index (χ3n) is 4.76. The van der Waals surface area contributed by atoms with E-state index >= 15 is 0 Å². The predicted octanol–water partition coefficient (Wildman–Crippen LogP) is 4.77. The van der Waals surface area contributed by atoms with Gasteiger partial charge in [0.15, 0.2) is 5.69 Å². The number of nitrogens with two attached hydrogens (primary N) is 1. The number of rotatable bonds is 0. The number of fused-ring (bicyclic) bond motifs is 5. The van der Waals surface area contributed by atoms with Gasteiger partial charge in [0, 0.05) is 0 Å². The highest BCUT2D eigenvalue weighted by molar-refractivity contribution is 5.67. The van der Waals surface area contributed by atoms with Gasteiger partial charge in [-0.15, -0.1) is 10.2 Å². The molecular weight excluding hydrogens is 406 g/mol. The number of anilines is 1. The Kier molecular flexibility index (Phi) is 5.74. The molecule has 3 N–H and O–H groups in total. The first kappa shape index (κ1) is 21.3. The zero-order chi connectivity index (χ0) is 21.4. The number of alkyl halides is 6. The lowest BCUT2D eigenvalue weighted by Crippen LogP contribution is -2.21. The average Bonchev–Trinajstić information content (AvgIpc) is 3.07. The molecule has 1 aliphatic heterocycles. The van der Waals surface area contributed by atoms with Crippen molar-refractivity contribution in [3.63, 3.8) is 0 Å². The van der Waals surface area contributed by atoms with Crippen molar-refractivity contribution in [2.24, 2.45) is 0 Å². The fraction of sp³-hybridized carbons (Fsp3) is 0.588. The fourth-order valence-electron chi connectivity index (χ4n) is 3.27. The molecule has 0 amide bonds. The summed E-state index contributed by atoms with van der Waals surface area (Å²) in [7, 11) is 0. The molecule has 0 spiro atoms. The monoisotopic (exact) mass is 424 g/mol. The molecule has 0 aliphatic carbocycles. The third kappa shape index (κ3) is 4.62. The summed E-state index contributed by atoms with van der Waals surface area (Å²) in [5.74, 6) is -3.23. The van der Waals surface area contributed by atoms with Crippen LogP contribution in [0, 0.1) is 0 Å². The highest BCUT2D eigenvalue weighted by Crippen LogP contribution is 2.41. The number of aliphatic hydroxyl groups is 1. The topological polar surface area (TPSA) is 98.1 Å². The van der Waals surface area contributed by atoms with Gasteiger partial charge >= 0.3 is 12.4 Å². The number of nitrogens with zero attached hydrogens (tertiary/aromatic N) is 3. The van der Waals surface area contributed by atoms with Crippen LogP contribution in [0.1, 0.15) is 67.7 Å². The van der Waals surface area contributed by atoms with E-state index in [2.05, 4.69) is 15.2 Å². The minimum absolute atomic E-state index is 0.0305. The van der Waals surface area contributed by atoms with Crippen molar-refractivity contribution in [3.8, 4) is 11.6 Å². The Labute approximate surface area is 161 Å². The molecule has 2 aromatic rings. The van der Waals surface area contributed by atoms with Gasteiger partial charge in [-0.05, 0) is 18.9 Å². The molecule has 4 bridgehead atoms. The van der Waals surface area contributed by atoms with Crippen LogP contribution in [0.4, 0.5) is 32.0 Å². The van der Waals surface area contributed by atoms with Crippen molar-refractivity contribution in [2.75, 3.05) is 5.73 Å². The van der Waals surface area contributed by atoms with Crippen LogP contribution in [0.5, 0.6) is 0 Å². The quantitative estimate of drug-likeness (QED) is 0.592. The first-order valence-corrected chi connectivity index (χ1v) is 8.94. The zero-order valence-electron chi connectivity index (χ0n) is 15.0. The summed E-state index contributed by atoms with van der Waals surface area (Å²) >= 11 is 0. The maximum atomic E-state index is 13.4. The average molecular weight is 424 g/mol. The third-order valence-corrected chi connectivity index (χ3v) is 4.76. The smallest absolute Gasteiger partial charge is 0.418 e. The molecule has 3 heterocycles. The molecule has 2 aromatic heterocycles. The molecular formula is C17H18F6N4O2. The second-order valence-corrected chi connectivity index (χ2v) is 6.90. The van der Waals surface area contributed by atoms with E-state index in [-0.39, 0.29) is 19.3 Å². The van der Waals surface area contributed by atoms with E-state index in [1.807, 2.05) is 0 Å². The van der Waals surface area contributed by atoms with Crippen LogP contribution in [-0.4, -0.2) is 26.5 Å². The van der Waals surface area contributed by atoms with Crippen molar-refractivity contribution >= 4 is 5.69 Å². The number of hydrogen-bond acceptors (Lipinski definition) is 6. The lowest BCUT2D eigenvalue weighted by atomic mass is 9.98. The predicted molar refractivity (Wildman–Crippen MR) is 88.4 cm³/mol. The van der Waals surface area contributed by atoms with Crippen molar-refractivity contribution in [3.05, 3.63) is 23.2 Å². The molecule has 6 nitrogen and oxygen atoms in total. The summed E-state index contributed by atoms with van der Waals surface area (Å²) in [6, 6.07) is 0.567. The van der Waals surface area contributed by atoms with Gasteiger partial charge in [0.25, 0.3) is 5.89 Å². The number of hydrogen-bond donors (Lipinski definition) is 2. The van der Waals surface area contributed by atoms with Gasteiger partial charge in [0.05, 0.1) is 23.0 Å². The number of halogens is 6. The lowest BCUT2D eigenvalue weighted by Gasteiger charge is -2.19. The molecule has 0 saturated carbocycles. The van der Waals surface area contributed by atoms with Gasteiger partial charge in [-0.1, -0.05) is 25.7 Å². The lowest BCUT2D eigenvalue weighted by molar-refractivity contribution is -0.156. The summed E-state index contributed by atoms with van der Waals surface area (Å²) in [6.45, 7) is 0. The van der Waals surface area contributed by atoms with Gasteiger partial charge in [0.1, 0.15) is 5.92 Å². The normalized spacial score (nSPS) is 21.6. The molecule has 0 fully saturated rings. The second-order valence-electron chi connectivity index (χ2n) is 6.90. The van der Waals surface area contributed by atoms with Crippen LogP contribution < -0.4 is 5.73 Å². The van der Waals surface area contributed by atoms with Gasteiger partial charge in [0.2, 0.25) is 5.89 Å². The molecule has 2 atom stereocenters. The molecule has 0 saturated heterocycles. The van der Waals surface area contributed by atoms with E-state index in [1.165, 1.54) is 0 Å². The number of aromatic nitrogens is 3. The Balaban J connectivity index is 2.14. The van der Waals surface area contributed by atoms with Gasteiger partial charge in [-0.2, -0.15) is 26.3 Å². The SMILES string of the molecule is Nc1cc(C(F)(F)F)c2nc1-c1nnc(o1)C(C(F)(F)F)CCCCCCC2O. The second kappa shape index (κ2) is 7.81. The van der Waals surface area contributed by atoms with Crippen molar-refractivity contribution in [1.82, 2.24) is 15.2 Å². The summed E-state index contributed by atoms with van der Waals surface area (Å²) in [5.41, 5.74) is 2.85. The number of nitrogen functional groups attached to an aromatic ring is 1. The minimum Gasteiger partial charge on any atom is -0.419 e. The number of aliphatic hydroxyl groups excluding tert-OH is 1. The molecule has 160 valence electrons. The minimum atomic E-state index is -4.83. The van der Waals surface area contributed by atoms with Crippen LogP contribution in [0.3, 0.4) is 0 Å². The summed E-state index contributed by atoms with van der Waals surface area (Å²) in [6.07, 6.45) is -9.89. The van der Waals surface area contributed by atoms with Gasteiger partial charge in [-0.25, -0.2) is 4.98 Å². The summed E-state index contributed by atoms with van der Waals surface area (Å²) in [5, 5.41) is 17.2. The molecule has 29 heavy (non-hydrogen) atoms. The Morgan fingerprint density at radius 3 is 2.28 bits per heavy atom. The molecule has 0 aromatic carbocycles. The Morgan fingerprint density at radius 1 is 1.00 bits per heavy atom. The van der Waals surface area contributed by atoms with E-state index in [9.17, 15) is 31.4 Å². The van der Waals surface area contributed by atoms with Crippen LogP contribution in [0.15, 0.2) is 10.5 Å². The highest BCUT2D eigenvalue weighted by atomic mass is 19.4. The van der Waals surface area contributed by atoms with Crippen LogP contribution >= 0.6 is 0 Å². The van der Waals surface area contributed by atoms with E-state index < -0.39 is 58.8 Å². The van der Waals surface area contributed by atoms with E-state index in [4.69, 9.17) is 10.2 Å². The van der Waals surface area contributed by atoms with Crippen LogP contribution in [0.25, 0.3) is 11.6 Å². The highest BCUT2D eigenvalue weighted by Gasteiger charge is 2.44. The molecule has 0 radical (unpaired) electrons. The van der Waals surface area contributed by atoms with Crippen LogP contribution in [0.2, 0.25) is 0 Å². The zero-order valence-corrected chi connectivity index (χ0v) is 15.0. The van der Waals surface area contributed by atoms with E-state index in [1.54, 1.807) is 0 Å². The summed E-state index contributed by atoms with van der Waals surface area (Å²) < 4.78 is 85.4. The molecule has 3 rings (SSSR count). The molecule has 12 heteroatoms. The van der Waals surface area contributed by atoms with E-state index in [0.717, 1.165) is 0 Å². The largest absolute Gasteiger partial charge is 0.419 e. The summed E-state index contributed by atoms with van der Waals surface area (Å²) in [4.78, 5) is 3.77. The maximum absolute atomic E-state index is 13.4. The van der Waals surface area contributed by atoms with Gasteiger partial charge < -0.3 is 15.3 Å². The van der Waals surface area contributed by atoms with Crippen molar-refractivity contribution < 1.29 is 35.9 Å². The first-order valence-electron chi connectivity index (χ1n) is 8.94. The fourth-order valence-corrected chi connectivity index (χ4v) is 3.27. The Bertz CT molecular complexity index is 865. The molecule has 2 unspecified atom stereocenters. The van der Waals surface area contributed by atoms with Crippen molar-refractivity contribution in [2.45, 2.75) is 62.9 Å². The Morgan fingerprint density at radius 2 is 1.66 bits per heavy atom. The first-order chi connectivity index (χ1) is 13.5. The maximum Gasteiger partial charge on any atom is 0.418 e. The Hall–Kier alpha value is -2.37. The van der Waals surface area contributed by atoms with Crippen LogP contribution in [-0.2, 0) is 6.18 Å². The standard InChI is InChI=1S/C17H18F6N4O2/c18-16(19,20)8-5-3-1-2-4-6-11(28)12-9(17(21,22)23)7-10(24)13(25-12)15-27-26-14(8)29-15/h7-8,11,28H,1-6,24H2. The molecule has 1 aliphatic rings. The van der Waals surface area contributed by atoms with Crippen molar-refractivity contribution in [1.29, 1.82) is 0 Å². The van der Waals surface area contributed by atoms with Gasteiger partial charge in [-0.3, -0.25) is 0 Å². The van der Waals surface area contributed by atoms with E-state index in [0.29, 0.717) is 25.3 Å².